The highest BCUT2D eigenvalue weighted by Gasteiger charge is 2.23. The van der Waals surface area contributed by atoms with Gasteiger partial charge in [-0.25, -0.2) is 12.8 Å². The lowest BCUT2D eigenvalue weighted by Gasteiger charge is -2.20. The quantitative estimate of drug-likeness (QED) is 0.561. The maximum absolute atomic E-state index is 12.9. The number of rotatable bonds is 10. The van der Waals surface area contributed by atoms with Crippen molar-refractivity contribution in [1.29, 1.82) is 0 Å². The van der Waals surface area contributed by atoms with Crippen LogP contribution < -0.4 is 10.3 Å². The van der Waals surface area contributed by atoms with Crippen molar-refractivity contribution in [2.45, 2.75) is 25.3 Å². The molecule has 0 spiro atoms. The van der Waals surface area contributed by atoms with Crippen molar-refractivity contribution < 1.29 is 22.3 Å². The van der Waals surface area contributed by atoms with Crippen molar-refractivity contribution in [3.63, 3.8) is 0 Å². The lowest BCUT2D eigenvalue weighted by molar-refractivity contribution is -0.130. The Balaban J connectivity index is 2.03. The first kappa shape index (κ1) is 23.6. The zero-order valence-corrected chi connectivity index (χ0v) is 18.1. The van der Waals surface area contributed by atoms with Gasteiger partial charge in [-0.05, 0) is 30.3 Å². The van der Waals surface area contributed by atoms with E-state index in [2.05, 4.69) is 0 Å². The smallest absolute Gasteiger partial charge is 0.251 e. The van der Waals surface area contributed by atoms with Crippen LogP contribution in [0, 0.1) is 5.82 Å². The normalized spacial score (nSPS) is 11.5. The Morgan fingerprint density at radius 1 is 1.10 bits per heavy atom. The highest BCUT2D eigenvalue weighted by Crippen LogP contribution is 2.14. The fraction of sp³-hybridized carbons (Fsp3) is 0.400. The lowest BCUT2D eigenvalue weighted by atomic mass is 10.3. The van der Waals surface area contributed by atoms with Crippen molar-refractivity contribution >= 4 is 15.9 Å². The van der Waals surface area contributed by atoms with E-state index in [1.54, 1.807) is 20.9 Å². The largest absolute Gasteiger partial charge is 0.492 e. The van der Waals surface area contributed by atoms with Gasteiger partial charge in [-0.3, -0.25) is 9.59 Å². The molecule has 0 aliphatic heterocycles. The van der Waals surface area contributed by atoms with Crippen LogP contribution in [0.3, 0.4) is 0 Å². The predicted octanol–water partition coefficient (Wildman–Crippen LogP) is 1.56. The minimum atomic E-state index is -3.74. The van der Waals surface area contributed by atoms with E-state index in [0.29, 0.717) is 18.8 Å². The Kier molecular flexibility index (Phi) is 8.13. The van der Waals surface area contributed by atoms with Gasteiger partial charge in [-0.1, -0.05) is 13.8 Å². The molecule has 10 heteroatoms. The number of hydrogen-bond acceptors (Lipinski definition) is 5. The van der Waals surface area contributed by atoms with Gasteiger partial charge >= 0.3 is 0 Å². The SMILES string of the molecule is CCN(CC)S(=O)(=O)c1ccc(=O)n(CC(=O)N(C)CCOc2ccc(F)cc2)c1. The minimum Gasteiger partial charge on any atom is -0.492 e. The molecule has 0 saturated heterocycles. The number of benzene rings is 1. The molecule has 2 aromatic rings. The lowest BCUT2D eigenvalue weighted by Crippen LogP contribution is -2.36. The van der Waals surface area contributed by atoms with Gasteiger partial charge in [0, 0.05) is 32.4 Å². The molecule has 0 atom stereocenters. The molecule has 0 N–H and O–H groups in total. The van der Waals surface area contributed by atoms with Gasteiger partial charge in [0.05, 0.1) is 11.4 Å². The second-order valence-corrected chi connectivity index (χ2v) is 8.48. The molecule has 1 aromatic heterocycles. The number of halogens is 1. The van der Waals surface area contributed by atoms with Crippen LogP contribution in [-0.4, -0.2) is 61.4 Å². The number of amides is 1. The molecule has 0 aliphatic rings. The monoisotopic (exact) mass is 439 g/mol. The number of hydrogen-bond donors (Lipinski definition) is 0. The number of likely N-dealkylation sites (N-methyl/N-ethyl adjacent to an activating group) is 1. The van der Waals surface area contributed by atoms with Crippen molar-refractivity contribution in [1.82, 2.24) is 13.8 Å². The summed E-state index contributed by atoms with van der Waals surface area (Å²) in [6, 6.07) is 7.90. The van der Waals surface area contributed by atoms with Crippen LogP contribution >= 0.6 is 0 Å². The van der Waals surface area contributed by atoms with Gasteiger partial charge in [0.25, 0.3) is 5.56 Å². The second kappa shape index (κ2) is 10.4. The summed E-state index contributed by atoms with van der Waals surface area (Å²) in [4.78, 5) is 25.9. The number of nitrogens with zero attached hydrogens (tertiary/aromatic N) is 3. The summed E-state index contributed by atoms with van der Waals surface area (Å²) >= 11 is 0. The third-order valence-corrected chi connectivity index (χ3v) is 6.57. The fourth-order valence-electron chi connectivity index (χ4n) is 2.72. The van der Waals surface area contributed by atoms with Crippen LogP contribution in [0.1, 0.15) is 13.8 Å². The summed E-state index contributed by atoms with van der Waals surface area (Å²) in [6.45, 7) is 4.17. The molecule has 0 saturated carbocycles. The summed E-state index contributed by atoms with van der Waals surface area (Å²) < 4.78 is 46.0. The third-order valence-electron chi connectivity index (χ3n) is 4.54. The van der Waals surface area contributed by atoms with Crippen molar-refractivity contribution in [2.24, 2.45) is 0 Å². The number of carbonyl (C=O) groups excluding carboxylic acids is 1. The van der Waals surface area contributed by atoms with E-state index in [9.17, 15) is 22.4 Å². The predicted molar refractivity (Wildman–Crippen MR) is 110 cm³/mol. The molecule has 0 unspecified atom stereocenters. The van der Waals surface area contributed by atoms with Crippen molar-refractivity contribution in [3.05, 3.63) is 58.8 Å². The van der Waals surface area contributed by atoms with Gasteiger partial charge in [-0.15, -0.1) is 0 Å². The van der Waals surface area contributed by atoms with Gasteiger partial charge in [0.15, 0.2) is 0 Å². The molecule has 164 valence electrons. The average Bonchev–Trinajstić information content (AvgIpc) is 2.71. The molecule has 0 fully saturated rings. The molecule has 0 aliphatic carbocycles. The number of carbonyl (C=O) groups is 1. The van der Waals surface area contributed by atoms with Crippen LogP contribution in [-0.2, 0) is 21.4 Å². The summed E-state index contributed by atoms with van der Waals surface area (Å²) in [5.41, 5.74) is -0.474. The molecule has 0 radical (unpaired) electrons. The van der Waals surface area contributed by atoms with Gasteiger partial charge in [0.1, 0.15) is 24.7 Å². The summed E-state index contributed by atoms with van der Waals surface area (Å²) in [5, 5.41) is 0. The van der Waals surface area contributed by atoms with Crippen molar-refractivity contribution in [2.75, 3.05) is 33.3 Å². The summed E-state index contributed by atoms with van der Waals surface area (Å²) in [6.07, 6.45) is 1.19. The molecule has 1 amide bonds. The first-order chi connectivity index (χ1) is 14.2. The van der Waals surface area contributed by atoms with Gasteiger partial charge < -0.3 is 14.2 Å². The van der Waals surface area contributed by atoms with E-state index in [1.165, 1.54) is 45.7 Å². The standard InChI is InChI=1S/C20H26FN3O5S/c1-4-24(5-2)30(27,28)18-10-11-19(25)23(14-18)15-20(26)22(3)12-13-29-17-8-6-16(21)7-9-17/h6-11,14H,4-5,12-13,15H2,1-3H3. The number of pyridine rings is 1. The second-order valence-electron chi connectivity index (χ2n) is 6.54. The topological polar surface area (TPSA) is 88.9 Å². The maximum Gasteiger partial charge on any atom is 0.251 e. The van der Waals surface area contributed by atoms with Crippen LogP contribution in [0.5, 0.6) is 5.75 Å². The number of sulfonamides is 1. The summed E-state index contributed by atoms with van der Waals surface area (Å²) in [7, 11) is -2.19. The van der Waals surface area contributed by atoms with Gasteiger partial charge in [0.2, 0.25) is 15.9 Å². The van der Waals surface area contributed by atoms with E-state index in [-0.39, 0.29) is 36.3 Å². The third kappa shape index (κ3) is 5.90. The Hall–Kier alpha value is -2.72. The van der Waals surface area contributed by atoms with Gasteiger partial charge in [-0.2, -0.15) is 4.31 Å². The highest BCUT2D eigenvalue weighted by atomic mass is 32.2. The average molecular weight is 440 g/mol. The molecule has 1 aromatic carbocycles. The van der Waals surface area contributed by atoms with E-state index in [1.807, 2.05) is 0 Å². The highest BCUT2D eigenvalue weighted by molar-refractivity contribution is 7.89. The van der Waals surface area contributed by atoms with E-state index < -0.39 is 15.6 Å². The first-order valence-corrected chi connectivity index (χ1v) is 11.0. The van der Waals surface area contributed by atoms with E-state index in [0.717, 1.165) is 10.6 Å². The molecule has 2 rings (SSSR count). The van der Waals surface area contributed by atoms with Crippen LogP contribution in [0.25, 0.3) is 0 Å². The molecule has 1 heterocycles. The van der Waals surface area contributed by atoms with E-state index >= 15 is 0 Å². The van der Waals surface area contributed by atoms with Crippen LogP contribution in [0.2, 0.25) is 0 Å². The zero-order valence-electron chi connectivity index (χ0n) is 17.2. The fourth-order valence-corrected chi connectivity index (χ4v) is 4.20. The zero-order chi connectivity index (χ0) is 22.3. The molecular formula is C20H26FN3O5S. The molecule has 30 heavy (non-hydrogen) atoms. The Morgan fingerprint density at radius 2 is 1.73 bits per heavy atom. The Morgan fingerprint density at radius 3 is 2.33 bits per heavy atom. The minimum absolute atomic E-state index is 0.0408. The maximum atomic E-state index is 12.9. The molecule has 0 bridgehead atoms. The van der Waals surface area contributed by atoms with Crippen LogP contribution in [0.4, 0.5) is 4.39 Å². The summed E-state index contributed by atoms with van der Waals surface area (Å²) in [5.74, 6) is -0.273. The Labute approximate surface area is 175 Å². The number of aromatic nitrogens is 1. The first-order valence-electron chi connectivity index (χ1n) is 9.52. The molecular weight excluding hydrogens is 413 g/mol. The Bertz CT molecular complexity index is 1020. The van der Waals surface area contributed by atoms with Crippen molar-refractivity contribution in [3.8, 4) is 5.75 Å². The molecule has 8 nitrogen and oxygen atoms in total. The number of ether oxygens (including phenoxy) is 1. The van der Waals surface area contributed by atoms with Crippen LogP contribution in [0.15, 0.2) is 52.3 Å². The van der Waals surface area contributed by atoms with E-state index in [4.69, 9.17) is 4.74 Å².